The van der Waals surface area contributed by atoms with Crippen molar-refractivity contribution in [3.8, 4) is 17.6 Å². The maximum Gasteiger partial charge on any atom is 0.248 e. The molecule has 0 atom stereocenters. The predicted molar refractivity (Wildman–Crippen MR) is 114 cm³/mol. The Hall–Kier alpha value is -2.91. The van der Waals surface area contributed by atoms with E-state index >= 15 is 0 Å². The topological polar surface area (TPSA) is 71.3 Å². The summed E-state index contributed by atoms with van der Waals surface area (Å²) in [5.41, 5.74) is 1.58. The van der Waals surface area contributed by atoms with Crippen LogP contribution in [0.2, 0.25) is 0 Å². The number of thioether (sulfide) groups is 1. The Balaban J connectivity index is 2.03. The van der Waals surface area contributed by atoms with Crippen molar-refractivity contribution in [1.82, 2.24) is 0 Å². The van der Waals surface area contributed by atoms with Crippen LogP contribution in [0.15, 0.2) is 53.4 Å². The van der Waals surface area contributed by atoms with Gasteiger partial charge in [-0.1, -0.05) is 25.1 Å². The van der Waals surface area contributed by atoms with Crippen LogP contribution in [0, 0.1) is 11.3 Å². The maximum absolute atomic E-state index is 12.3. The van der Waals surface area contributed by atoms with Gasteiger partial charge in [-0.3, -0.25) is 4.79 Å². The monoisotopic (exact) mass is 396 g/mol. The highest BCUT2D eigenvalue weighted by Gasteiger charge is 2.06. The summed E-state index contributed by atoms with van der Waals surface area (Å²) in [5, 5.41) is 11.6. The summed E-state index contributed by atoms with van der Waals surface area (Å²) < 4.78 is 11.0. The predicted octanol–water partition coefficient (Wildman–Crippen LogP) is 5.14. The van der Waals surface area contributed by atoms with Gasteiger partial charge in [0.2, 0.25) is 5.91 Å². The second kappa shape index (κ2) is 11.7. The second-order valence-corrected chi connectivity index (χ2v) is 6.97. The molecule has 0 fully saturated rings. The molecule has 6 heteroatoms. The van der Waals surface area contributed by atoms with E-state index in [1.54, 1.807) is 24.9 Å². The van der Waals surface area contributed by atoms with Gasteiger partial charge in [0.05, 0.1) is 25.5 Å². The van der Waals surface area contributed by atoms with E-state index in [9.17, 15) is 4.79 Å². The summed E-state index contributed by atoms with van der Waals surface area (Å²) in [7, 11) is 1.59. The van der Waals surface area contributed by atoms with E-state index in [2.05, 4.69) is 11.4 Å². The average molecular weight is 397 g/mol. The van der Waals surface area contributed by atoms with E-state index in [4.69, 9.17) is 14.7 Å². The smallest absolute Gasteiger partial charge is 0.248 e. The van der Waals surface area contributed by atoms with Crippen molar-refractivity contribution in [1.29, 1.82) is 5.26 Å². The molecule has 0 spiro atoms. The molecule has 5 nitrogen and oxygen atoms in total. The van der Waals surface area contributed by atoms with Crippen molar-refractivity contribution in [2.75, 3.05) is 24.8 Å². The Kier molecular flexibility index (Phi) is 8.96. The number of anilines is 1. The number of amides is 1. The van der Waals surface area contributed by atoms with E-state index < -0.39 is 0 Å². The van der Waals surface area contributed by atoms with Gasteiger partial charge in [-0.25, -0.2) is 0 Å². The molecular weight excluding hydrogens is 372 g/mol. The normalized spacial score (nSPS) is 10.5. The van der Waals surface area contributed by atoms with Crippen LogP contribution < -0.4 is 14.8 Å². The molecule has 28 heavy (non-hydrogen) atoms. The van der Waals surface area contributed by atoms with Crippen molar-refractivity contribution in [3.05, 3.63) is 54.1 Å². The number of carbonyl (C=O) groups excluding carboxylic acids is 1. The largest absolute Gasteiger partial charge is 0.493 e. The van der Waals surface area contributed by atoms with Crippen molar-refractivity contribution >= 4 is 29.4 Å². The number of carbonyl (C=O) groups is 1. The summed E-state index contributed by atoms with van der Waals surface area (Å²) in [6.45, 7) is 2.67. The third kappa shape index (κ3) is 6.67. The van der Waals surface area contributed by atoms with Gasteiger partial charge in [0, 0.05) is 23.1 Å². The average Bonchev–Trinajstić information content (AvgIpc) is 2.72. The van der Waals surface area contributed by atoms with E-state index in [0.717, 1.165) is 22.6 Å². The first-order valence-corrected chi connectivity index (χ1v) is 10.0. The van der Waals surface area contributed by atoms with Gasteiger partial charge in [-0.05, 0) is 42.3 Å². The second-order valence-electron chi connectivity index (χ2n) is 5.83. The lowest BCUT2D eigenvalue weighted by atomic mass is 10.2. The van der Waals surface area contributed by atoms with Crippen LogP contribution in [0.1, 0.15) is 25.3 Å². The Morgan fingerprint density at radius 1 is 1.25 bits per heavy atom. The zero-order chi connectivity index (χ0) is 20.2. The lowest BCUT2D eigenvalue weighted by Crippen LogP contribution is -2.08. The molecule has 0 saturated heterocycles. The molecule has 0 saturated carbocycles. The minimum atomic E-state index is -0.224. The summed E-state index contributed by atoms with van der Waals surface area (Å²) in [6.07, 6.45) is 4.60. The summed E-state index contributed by atoms with van der Waals surface area (Å²) >= 11 is 1.55. The van der Waals surface area contributed by atoms with Gasteiger partial charge in [-0.15, -0.1) is 11.8 Å². The van der Waals surface area contributed by atoms with Gasteiger partial charge in [0.25, 0.3) is 0 Å². The molecule has 146 valence electrons. The van der Waals surface area contributed by atoms with Gasteiger partial charge < -0.3 is 14.8 Å². The quantitative estimate of drug-likeness (QED) is 0.342. The van der Waals surface area contributed by atoms with Crippen molar-refractivity contribution in [2.45, 2.75) is 24.7 Å². The number of hydrogen-bond acceptors (Lipinski definition) is 5. The molecule has 1 amide bonds. The number of nitrogens with zero attached hydrogens (tertiary/aromatic N) is 1. The lowest BCUT2D eigenvalue weighted by molar-refractivity contribution is -0.111. The fourth-order valence-electron chi connectivity index (χ4n) is 2.37. The number of hydrogen-bond donors (Lipinski definition) is 1. The van der Waals surface area contributed by atoms with Crippen molar-refractivity contribution in [3.63, 3.8) is 0 Å². The zero-order valence-electron chi connectivity index (χ0n) is 16.1. The van der Waals surface area contributed by atoms with E-state index in [0.29, 0.717) is 30.3 Å². The number of nitrogens with one attached hydrogen (secondary N) is 1. The number of nitriles is 1. The van der Waals surface area contributed by atoms with Gasteiger partial charge in [0.1, 0.15) is 0 Å². The minimum absolute atomic E-state index is 0.224. The number of ether oxygens (including phenoxy) is 2. The first kappa shape index (κ1) is 21.4. The highest BCUT2D eigenvalue weighted by Crippen LogP contribution is 2.29. The molecule has 0 heterocycles. The SMILES string of the molecule is CCCOc1ccc(/C=C/C(=O)Nc2ccccc2SCCC#N)cc1OC. The summed E-state index contributed by atoms with van der Waals surface area (Å²) in [5.74, 6) is 1.79. The molecule has 2 aromatic rings. The zero-order valence-corrected chi connectivity index (χ0v) is 16.9. The lowest BCUT2D eigenvalue weighted by Gasteiger charge is -2.10. The molecule has 0 aromatic heterocycles. The minimum Gasteiger partial charge on any atom is -0.493 e. The van der Waals surface area contributed by atoms with Crippen LogP contribution >= 0.6 is 11.8 Å². The molecule has 2 aromatic carbocycles. The van der Waals surface area contributed by atoms with Gasteiger partial charge in [-0.2, -0.15) is 5.26 Å². The Bertz CT molecular complexity index is 859. The highest BCUT2D eigenvalue weighted by molar-refractivity contribution is 7.99. The summed E-state index contributed by atoms with van der Waals surface area (Å²) in [6, 6.07) is 15.2. The molecule has 2 rings (SSSR count). The standard InChI is InChI=1S/C22H24N2O3S/c1-3-14-27-19-11-9-17(16-20(19)26-2)10-12-22(25)24-18-7-4-5-8-21(18)28-15-6-13-23/h4-5,7-12,16H,3,6,14-15H2,1-2H3,(H,24,25)/b12-10+. The highest BCUT2D eigenvalue weighted by atomic mass is 32.2. The van der Waals surface area contributed by atoms with E-state index in [-0.39, 0.29) is 5.91 Å². The molecule has 0 radical (unpaired) electrons. The molecule has 0 aliphatic carbocycles. The van der Waals surface area contributed by atoms with Crippen LogP contribution in [0.3, 0.4) is 0 Å². The third-order valence-electron chi connectivity index (χ3n) is 3.69. The van der Waals surface area contributed by atoms with Crippen LogP contribution in [0.5, 0.6) is 11.5 Å². The Morgan fingerprint density at radius 3 is 2.82 bits per heavy atom. The maximum atomic E-state index is 12.3. The van der Waals surface area contributed by atoms with Crippen molar-refractivity contribution < 1.29 is 14.3 Å². The number of methoxy groups -OCH3 is 1. The third-order valence-corrected chi connectivity index (χ3v) is 4.77. The summed E-state index contributed by atoms with van der Waals surface area (Å²) in [4.78, 5) is 13.3. The van der Waals surface area contributed by atoms with Gasteiger partial charge in [0.15, 0.2) is 11.5 Å². The van der Waals surface area contributed by atoms with Gasteiger partial charge >= 0.3 is 0 Å². The van der Waals surface area contributed by atoms with E-state index in [1.165, 1.54) is 6.08 Å². The molecular formula is C22H24N2O3S. The Morgan fingerprint density at radius 2 is 2.07 bits per heavy atom. The fraction of sp³-hybridized carbons (Fsp3) is 0.273. The molecule has 0 bridgehead atoms. The van der Waals surface area contributed by atoms with Crippen molar-refractivity contribution in [2.24, 2.45) is 0 Å². The van der Waals surface area contributed by atoms with Crippen LogP contribution in [-0.2, 0) is 4.79 Å². The molecule has 1 N–H and O–H groups in total. The number of benzene rings is 2. The van der Waals surface area contributed by atoms with Crippen LogP contribution in [-0.4, -0.2) is 25.4 Å². The van der Waals surface area contributed by atoms with E-state index in [1.807, 2.05) is 49.4 Å². The molecule has 0 aliphatic heterocycles. The molecule has 0 unspecified atom stereocenters. The van der Waals surface area contributed by atoms with Crippen LogP contribution in [0.4, 0.5) is 5.69 Å². The fourth-order valence-corrected chi connectivity index (χ4v) is 3.23. The first-order chi connectivity index (χ1) is 13.7. The number of para-hydroxylation sites is 1. The number of rotatable bonds is 10. The molecule has 0 aliphatic rings. The Labute approximate surface area is 170 Å². The first-order valence-electron chi connectivity index (χ1n) is 9.06. The van der Waals surface area contributed by atoms with Crippen LogP contribution in [0.25, 0.3) is 6.08 Å².